The average molecular weight is 396 g/mol. The molecule has 0 amide bonds. The SMILES string of the molecule is O=S(=O)(c1ccccc1)c1nc(C=Cc2ccccc2)oc1N1CCOCC1. The fraction of sp³-hybridized carbons (Fsp3) is 0.190. The van der Waals surface area contributed by atoms with Crippen molar-refractivity contribution < 1.29 is 17.6 Å². The maximum Gasteiger partial charge on any atom is 0.236 e. The van der Waals surface area contributed by atoms with Gasteiger partial charge in [0.15, 0.2) is 0 Å². The molecule has 0 atom stereocenters. The molecule has 0 spiro atoms. The number of morpholine rings is 1. The summed E-state index contributed by atoms with van der Waals surface area (Å²) >= 11 is 0. The molecule has 0 unspecified atom stereocenters. The molecule has 7 heteroatoms. The normalized spacial score (nSPS) is 15.2. The molecular formula is C21H20N2O4S. The fourth-order valence-electron chi connectivity index (χ4n) is 2.97. The number of oxazole rings is 1. The molecule has 4 rings (SSSR count). The molecule has 2 heterocycles. The van der Waals surface area contributed by atoms with Crippen LogP contribution in [0.5, 0.6) is 0 Å². The van der Waals surface area contributed by atoms with E-state index < -0.39 is 9.84 Å². The molecule has 144 valence electrons. The third kappa shape index (κ3) is 3.85. The molecule has 0 bridgehead atoms. The first-order chi connectivity index (χ1) is 13.6. The lowest BCUT2D eigenvalue weighted by Gasteiger charge is -2.26. The predicted molar refractivity (Wildman–Crippen MR) is 107 cm³/mol. The van der Waals surface area contributed by atoms with Crippen molar-refractivity contribution in [3.63, 3.8) is 0 Å². The Hall–Kier alpha value is -2.90. The molecule has 0 radical (unpaired) electrons. The molecule has 2 aromatic carbocycles. The van der Waals surface area contributed by atoms with Gasteiger partial charge in [0.1, 0.15) is 0 Å². The molecule has 1 aliphatic rings. The predicted octanol–water partition coefficient (Wildman–Crippen LogP) is 3.51. The molecule has 3 aromatic rings. The van der Waals surface area contributed by atoms with Gasteiger partial charge in [0, 0.05) is 19.2 Å². The number of benzene rings is 2. The Kier molecular flexibility index (Phi) is 5.27. The maximum absolute atomic E-state index is 13.2. The summed E-state index contributed by atoms with van der Waals surface area (Å²) in [5.74, 6) is 0.514. The van der Waals surface area contributed by atoms with Crippen LogP contribution in [0.2, 0.25) is 0 Å². The van der Waals surface area contributed by atoms with Crippen LogP contribution in [-0.4, -0.2) is 39.7 Å². The Bertz CT molecular complexity index is 1050. The van der Waals surface area contributed by atoms with Gasteiger partial charge in [-0.25, -0.2) is 8.42 Å². The standard InChI is InChI=1S/C21H20N2O4S/c24-28(25,18-9-5-2-6-10-18)20-21(23-13-15-26-16-14-23)27-19(22-20)12-11-17-7-3-1-4-8-17/h1-12H,13-16H2. The van der Waals surface area contributed by atoms with Crippen molar-refractivity contribution in [1.82, 2.24) is 4.98 Å². The molecule has 0 N–H and O–H groups in total. The van der Waals surface area contributed by atoms with Gasteiger partial charge in [0.05, 0.1) is 18.1 Å². The summed E-state index contributed by atoms with van der Waals surface area (Å²) in [7, 11) is -3.80. The van der Waals surface area contributed by atoms with Crippen LogP contribution in [0.1, 0.15) is 11.5 Å². The summed E-state index contributed by atoms with van der Waals surface area (Å²) < 4.78 is 37.6. The van der Waals surface area contributed by atoms with Gasteiger partial charge in [-0.1, -0.05) is 48.5 Å². The highest BCUT2D eigenvalue weighted by Crippen LogP contribution is 2.32. The zero-order valence-corrected chi connectivity index (χ0v) is 16.0. The smallest absolute Gasteiger partial charge is 0.236 e. The molecule has 0 aliphatic carbocycles. The molecule has 1 fully saturated rings. The average Bonchev–Trinajstić information content (AvgIpc) is 3.20. The zero-order chi connectivity index (χ0) is 19.4. The minimum atomic E-state index is -3.80. The van der Waals surface area contributed by atoms with E-state index in [1.54, 1.807) is 36.4 Å². The van der Waals surface area contributed by atoms with Gasteiger partial charge in [-0.3, -0.25) is 0 Å². The van der Waals surface area contributed by atoms with E-state index in [0.717, 1.165) is 5.56 Å². The third-order valence-electron chi connectivity index (χ3n) is 4.42. The molecule has 6 nitrogen and oxygen atoms in total. The van der Waals surface area contributed by atoms with E-state index in [1.807, 2.05) is 41.3 Å². The van der Waals surface area contributed by atoms with E-state index in [1.165, 1.54) is 0 Å². The highest BCUT2D eigenvalue weighted by molar-refractivity contribution is 7.91. The van der Waals surface area contributed by atoms with Crippen LogP contribution in [0, 0.1) is 0 Å². The van der Waals surface area contributed by atoms with Crippen molar-refractivity contribution in [2.45, 2.75) is 9.92 Å². The van der Waals surface area contributed by atoms with Crippen LogP contribution < -0.4 is 4.90 Å². The lowest BCUT2D eigenvalue weighted by atomic mass is 10.2. The van der Waals surface area contributed by atoms with E-state index in [9.17, 15) is 8.42 Å². The molecule has 1 aromatic heterocycles. The van der Waals surface area contributed by atoms with Crippen LogP contribution in [-0.2, 0) is 14.6 Å². The number of aromatic nitrogens is 1. The first-order valence-electron chi connectivity index (χ1n) is 9.01. The second kappa shape index (κ2) is 8.00. The number of anilines is 1. The second-order valence-corrected chi connectivity index (χ2v) is 8.19. The number of sulfone groups is 1. The zero-order valence-electron chi connectivity index (χ0n) is 15.2. The molecule has 1 aliphatic heterocycles. The Morgan fingerprint density at radius 2 is 1.54 bits per heavy atom. The largest absolute Gasteiger partial charge is 0.420 e. The lowest BCUT2D eigenvalue weighted by Crippen LogP contribution is -2.36. The number of rotatable bonds is 5. The summed E-state index contributed by atoms with van der Waals surface area (Å²) in [6.07, 6.45) is 3.52. The Morgan fingerprint density at radius 1 is 0.893 bits per heavy atom. The highest BCUT2D eigenvalue weighted by Gasteiger charge is 2.31. The third-order valence-corrected chi connectivity index (χ3v) is 6.09. The van der Waals surface area contributed by atoms with Crippen molar-refractivity contribution >= 4 is 27.9 Å². The lowest BCUT2D eigenvalue weighted by molar-refractivity contribution is 0.120. The van der Waals surface area contributed by atoms with Gasteiger partial charge >= 0.3 is 0 Å². The van der Waals surface area contributed by atoms with E-state index in [2.05, 4.69) is 4.98 Å². The molecular weight excluding hydrogens is 376 g/mol. The van der Waals surface area contributed by atoms with Gasteiger partial charge in [-0.15, -0.1) is 0 Å². The van der Waals surface area contributed by atoms with Crippen LogP contribution >= 0.6 is 0 Å². The quantitative estimate of drug-likeness (QED) is 0.657. The van der Waals surface area contributed by atoms with Gasteiger partial charge in [0.2, 0.25) is 26.6 Å². The van der Waals surface area contributed by atoms with Crippen LogP contribution in [0.4, 0.5) is 5.88 Å². The fourth-order valence-corrected chi connectivity index (χ4v) is 4.32. The molecule has 0 saturated carbocycles. The van der Waals surface area contributed by atoms with Crippen molar-refractivity contribution in [1.29, 1.82) is 0 Å². The molecule has 1 saturated heterocycles. The Balaban J connectivity index is 1.75. The van der Waals surface area contributed by atoms with Gasteiger partial charge in [-0.05, 0) is 23.8 Å². The monoisotopic (exact) mass is 396 g/mol. The van der Waals surface area contributed by atoms with Crippen LogP contribution in [0.15, 0.2) is 75.0 Å². The minimum Gasteiger partial charge on any atom is -0.420 e. The van der Waals surface area contributed by atoms with Gasteiger partial charge in [-0.2, -0.15) is 4.98 Å². The second-order valence-electron chi connectivity index (χ2n) is 6.32. The Morgan fingerprint density at radius 3 is 2.21 bits per heavy atom. The van der Waals surface area contributed by atoms with Gasteiger partial charge < -0.3 is 14.1 Å². The van der Waals surface area contributed by atoms with Crippen molar-refractivity contribution in [2.75, 3.05) is 31.2 Å². The van der Waals surface area contributed by atoms with E-state index >= 15 is 0 Å². The van der Waals surface area contributed by atoms with Crippen molar-refractivity contribution in [3.05, 3.63) is 72.1 Å². The van der Waals surface area contributed by atoms with Crippen molar-refractivity contribution in [3.8, 4) is 0 Å². The first-order valence-corrected chi connectivity index (χ1v) is 10.5. The van der Waals surface area contributed by atoms with Crippen molar-refractivity contribution in [2.24, 2.45) is 0 Å². The van der Waals surface area contributed by atoms with E-state index in [0.29, 0.717) is 26.3 Å². The maximum atomic E-state index is 13.2. The van der Waals surface area contributed by atoms with E-state index in [4.69, 9.17) is 9.15 Å². The number of hydrogen-bond acceptors (Lipinski definition) is 6. The number of nitrogens with zero attached hydrogens (tertiary/aromatic N) is 2. The minimum absolute atomic E-state index is 0.0617. The number of ether oxygens (including phenoxy) is 1. The highest BCUT2D eigenvalue weighted by atomic mass is 32.2. The van der Waals surface area contributed by atoms with E-state index in [-0.39, 0.29) is 21.7 Å². The Labute approximate surface area is 164 Å². The summed E-state index contributed by atoms with van der Waals surface area (Å²) in [5.41, 5.74) is 0.973. The summed E-state index contributed by atoms with van der Waals surface area (Å²) in [6.45, 7) is 2.13. The topological polar surface area (TPSA) is 72.6 Å². The molecule has 28 heavy (non-hydrogen) atoms. The van der Waals surface area contributed by atoms with Crippen LogP contribution in [0.25, 0.3) is 12.2 Å². The number of hydrogen-bond donors (Lipinski definition) is 0. The summed E-state index contributed by atoms with van der Waals surface area (Å²) in [5, 5.41) is -0.0617. The first kappa shape index (κ1) is 18.5. The van der Waals surface area contributed by atoms with Gasteiger partial charge in [0.25, 0.3) is 0 Å². The summed E-state index contributed by atoms with van der Waals surface area (Å²) in [4.78, 5) is 6.38. The summed E-state index contributed by atoms with van der Waals surface area (Å²) in [6, 6.07) is 18.0. The van der Waals surface area contributed by atoms with Crippen LogP contribution in [0.3, 0.4) is 0 Å².